The number of nitrogens with zero attached hydrogens (tertiary/aromatic N) is 1. The average molecular weight is 246 g/mol. The molecule has 4 nitrogen and oxygen atoms in total. The third kappa shape index (κ3) is 3.58. The zero-order valence-corrected chi connectivity index (χ0v) is 10.8. The van der Waals surface area contributed by atoms with Crippen molar-refractivity contribution < 1.29 is 9.73 Å². The van der Waals surface area contributed by atoms with Crippen LogP contribution in [0.4, 0.5) is 0 Å². The lowest BCUT2D eigenvalue weighted by Crippen LogP contribution is -2.75. The van der Waals surface area contributed by atoms with Crippen LogP contribution >= 0.6 is 0 Å². The molecule has 1 aromatic rings. The van der Waals surface area contributed by atoms with Gasteiger partial charge < -0.3 is 4.74 Å². The van der Waals surface area contributed by atoms with E-state index in [9.17, 15) is 0 Å². The molecule has 0 fully saturated rings. The number of para-hydroxylation sites is 1. The van der Waals surface area contributed by atoms with Crippen molar-refractivity contribution in [1.29, 1.82) is 0 Å². The molecular weight excluding hydrogens is 226 g/mol. The molecule has 0 unspecified atom stereocenters. The fraction of sp³-hybridized carbons (Fsp3) is 0.429. The van der Waals surface area contributed by atoms with Gasteiger partial charge in [0.15, 0.2) is 0 Å². The molecule has 0 aliphatic carbocycles. The number of hydrogen-bond acceptors (Lipinski definition) is 3. The van der Waals surface area contributed by atoms with Crippen LogP contribution in [-0.2, 0) is 0 Å². The van der Waals surface area contributed by atoms with Gasteiger partial charge in [-0.3, -0.25) is 4.99 Å². The van der Waals surface area contributed by atoms with Crippen LogP contribution in [0.1, 0.15) is 31.2 Å². The van der Waals surface area contributed by atoms with E-state index in [4.69, 9.17) is 4.74 Å². The molecule has 2 N–H and O–H groups in total. The summed E-state index contributed by atoms with van der Waals surface area (Å²) >= 11 is 0. The number of hydrogen-bond donors (Lipinski definition) is 2. The third-order valence-corrected chi connectivity index (χ3v) is 2.98. The maximum absolute atomic E-state index is 5.27. The first kappa shape index (κ1) is 12.6. The lowest BCUT2D eigenvalue weighted by atomic mass is 10.2. The Bertz CT molecular complexity index is 440. The summed E-state index contributed by atoms with van der Waals surface area (Å²) in [4.78, 5) is 3.36. The Kier molecular flexibility index (Phi) is 4.76. The molecule has 96 valence electrons. The molecule has 0 spiro atoms. The van der Waals surface area contributed by atoms with Crippen molar-refractivity contribution in [3.8, 4) is 5.75 Å². The molecule has 0 saturated heterocycles. The van der Waals surface area contributed by atoms with Crippen LogP contribution in [0.15, 0.2) is 29.4 Å². The van der Waals surface area contributed by atoms with Gasteiger partial charge >= 0.3 is 0 Å². The summed E-state index contributed by atoms with van der Waals surface area (Å²) in [6.07, 6.45) is 6.58. The first-order chi connectivity index (χ1) is 8.90. The second kappa shape index (κ2) is 6.79. The normalized spacial score (nSPS) is 16.2. The second-order valence-electron chi connectivity index (χ2n) is 4.33. The number of benzene rings is 1. The Morgan fingerprint density at radius 3 is 3.06 bits per heavy atom. The molecule has 1 aliphatic heterocycles. The molecule has 2 rings (SSSR count). The third-order valence-electron chi connectivity index (χ3n) is 2.98. The number of amidine groups is 1. The number of hydrazone groups is 1. The predicted octanol–water partition coefficient (Wildman–Crippen LogP) is 0.672. The van der Waals surface area contributed by atoms with E-state index in [-0.39, 0.29) is 0 Å². The van der Waals surface area contributed by atoms with E-state index in [2.05, 4.69) is 15.5 Å². The van der Waals surface area contributed by atoms with Crippen molar-refractivity contribution in [3.05, 3.63) is 29.8 Å². The monoisotopic (exact) mass is 246 g/mol. The average Bonchev–Trinajstić information content (AvgIpc) is 2.68. The summed E-state index contributed by atoms with van der Waals surface area (Å²) in [7, 11) is 1.67. The minimum absolute atomic E-state index is 0.835. The maximum Gasteiger partial charge on any atom is 0.267 e. The number of methoxy groups -OCH3 is 1. The summed E-state index contributed by atoms with van der Waals surface area (Å²) in [5.41, 5.74) is 4.05. The van der Waals surface area contributed by atoms with Crippen molar-refractivity contribution in [3.63, 3.8) is 0 Å². The molecule has 0 bridgehead atoms. The van der Waals surface area contributed by atoms with E-state index < -0.39 is 0 Å². The summed E-state index contributed by atoms with van der Waals surface area (Å²) in [5.74, 6) is 1.94. The zero-order valence-electron chi connectivity index (χ0n) is 10.8. The van der Waals surface area contributed by atoms with Crippen LogP contribution in [0.25, 0.3) is 0 Å². The van der Waals surface area contributed by atoms with Crippen LogP contribution in [0, 0.1) is 0 Å². The fourth-order valence-corrected chi connectivity index (χ4v) is 1.98. The van der Waals surface area contributed by atoms with Crippen LogP contribution in [0.2, 0.25) is 0 Å². The molecule has 1 aromatic carbocycles. The molecule has 4 heteroatoms. The zero-order chi connectivity index (χ0) is 12.6. The van der Waals surface area contributed by atoms with Gasteiger partial charge in [0.05, 0.1) is 26.3 Å². The van der Waals surface area contributed by atoms with Gasteiger partial charge in [0, 0.05) is 5.56 Å². The van der Waals surface area contributed by atoms with Gasteiger partial charge in [-0.2, -0.15) is 5.43 Å². The molecule has 18 heavy (non-hydrogen) atoms. The van der Waals surface area contributed by atoms with Crippen molar-refractivity contribution in [2.24, 2.45) is 5.10 Å². The van der Waals surface area contributed by atoms with Gasteiger partial charge in [0.2, 0.25) is 0 Å². The van der Waals surface area contributed by atoms with E-state index in [0.717, 1.165) is 30.1 Å². The second-order valence-corrected chi connectivity index (χ2v) is 4.33. The van der Waals surface area contributed by atoms with Crippen LogP contribution < -0.4 is 15.2 Å². The van der Waals surface area contributed by atoms with E-state index in [1.807, 2.05) is 24.3 Å². The summed E-state index contributed by atoms with van der Waals surface area (Å²) in [5, 5.41) is 4.26. The summed E-state index contributed by atoms with van der Waals surface area (Å²) < 4.78 is 5.27. The van der Waals surface area contributed by atoms with Gasteiger partial charge in [-0.25, -0.2) is 0 Å². The van der Waals surface area contributed by atoms with Crippen LogP contribution in [-0.4, -0.2) is 25.7 Å². The molecule has 1 heterocycles. The Balaban J connectivity index is 1.96. The van der Waals surface area contributed by atoms with Crippen molar-refractivity contribution in [1.82, 2.24) is 5.43 Å². The van der Waals surface area contributed by atoms with Gasteiger partial charge in [0.25, 0.3) is 5.84 Å². The van der Waals surface area contributed by atoms with Crippen molar-refractivity contribution >= 4 is 12.1 Å². The number of ether oxygens (including phenoxy) is 1. The molecule has 0 aromatic heterocycles. The van der Waals surface area contributed by atoms with Crippen LogP contribution in [0.5, 0.6) is 5.75 Å². The number of rotatable bonds is 3. The molecular formula is C14H20N3O+. The maximum atomic E-state index is 5.27. The fourth-order valence-electron chi connectivity index (χ4n) is 1.98. The van der Waals surface area contributed by atoms with Gasteiger partial charge in [-0.05, 0) is 31.4 Å². The summed E-state index contributed by atoms with van der Waals surface area (Å²) in [6.45, 7) is 1.03. The quantitative estimate of drug-likeness (QED) is 0.608. The van der Waals surface area contributed by atoms with Gasteiger partial charge in [0.1, 0.15) is 5.75 Å². The lowest BCUT2D eigenvalue weighted by Gasteiger charge is -2.02. The van der Waals surface area contributed by atoms with E-state index >= 15 is 0 Å². The van der Waals surface area contributed by atoms with Crippen molar-refractivity contribution in [2.75, 3.05) is 13.7 Å². The molecule has 0 atom stereocenters. The Hall–Kier alpha value is -1.84. The Morgan fingerprint density at radius 2 is 2.17 bits per heavy atom. The van der Waals surface area contributed by atoms with E-state index in [1.165, 1.54) is 19.3 Å². The Morgan fingerprint density at radius 1 is 1.28 bits per heavy atom. The molecule has 0 amide bonds. The van der Waals surface area contributed by atoms with Crippen LogP contribution in [0.3, 0.4) is 0 Å². The first-order valence-corrected chi connectivity index (χ1v) is 6.42. The lowest BCUT2D eigenvalue weighted by molar-refractivity contribution is -0.459. The molecule has 0 saturated carbocycles. The highest BCUT2D eigenvalue weighted by molar-refractivity contribution is 5.85. The minimum Gasteiger partial charge on any atom is -0.496 e. The highest BCUT2D eigenvalue weighted by atomic mass is 16.5. The van der Waals surface area contributed by atoms with Gasteiger partial charge in [-0.15, -0.1) is 0 Å². The van der Waals surface area contributed by atoms with Gasteiger partial charge in [-0.1, -0.05) is 17.2 Å². The topological polar surface area (TPSA) is 47.6 Å². The molecule has 0 radical (unpaired) electrons. The largest absolute Gasteiger partial charge is 0.496 e. The Labute approximate surface area is 108 Å². The van der Waals surface area contributed by atoms with E-state index in [1.54, 1.807) is 13.3 Å². The first-order valence-electron chi connectivity index (χ1n) is 6.42. The van der Waals surface area contributed by atoms with Crippen molar-refractivity contribution in [2.45, 2.75) is 25.7 Å². The highest BCUT2D eigenvalue weighted by Crippen LogP contribution is 2.14. The molecule has 1 aliphatic rings. The highest BCUT2D eigenvalue weighted by Gasteiger charge is 2.08. The predicted molar refractivity (Wildman–Crippen MR) is 73.0 cm³/mol. The number of nitrogens with one attached hydrogen (secondary N) is 2. The standard InChI is InChI=1S/C14H19N3O/c1-18-13-8-5-4-7-12(13)11-16-17-14-9-3-2-6-10-15-14/h4-5,7-8,11H,2-3,6,9-10H2,1H3,(H,15,17)/p+1/b16-11-. The minimum atomic E-state index is 0.835. The SMILES string of the molecule is COc1ccccc1/C=N\NC1=[NH+]CCCCC1. The smallest absolute Gasteiger partial charge is 0.267 e. The summed E-state index contributed by atoms with van der Waals surface area (Å²) in [6, 6.07) is 7.83. The van der Waals surface area contributed by atoms with E-state index in [0.29, 0.717) is 0 Å².